The van der Waals surface area contributed by atoms with Crippen LogP contribution in [0.5, 0.6) is 5.75 Å². The number of anilines is 2. The molecule has 0 aromatic heterocycles. The van der Waals surface area contributed by atoms with E-state index in [-0.39, 0.29) is 18.4 Å². The van der Waals surface area contributed by atoms with Crippen molar-refractivity contribution in [2.75, 3.05) is 16.8 Å². The second-order valence-corrected chi connectivity index (χ2v) is 9.86. The second kappa shape index (κ2) is 10.3. The minimum absolute atomic E-state index is 0.0981. The predicted octanol–water partition coefficient (Wildman–Crippen LogP) is 6.18. The molecule has 0 atom stereocenters. The van der Waals surface area contributed by atoms with Crippen LogP contribution in [-0.2, 0) is 9.59 Å². The third-order valence-electron chi connectivity index (χ3n) is 4.73. The Morgan fingerprint density at radius 3 is 2.55 bits per heavy atom. The average Bonchev–Trinajstić information content (AvgIpc) is 3.07. The summed E-state index contributed by atoms with van der Waals surface area (Å²) in [6.45, 7) is 1.87. The minimum atomic E-state index is -0.235. The molecule has 0 bridgehead atoms. The lowest BCUT2D eigenvalue weighted by atomic mass is 10.2. The Labute approximate surface area is 210 Å². The molecule has 166 valence electrons. The highest BCUT2D eigenvalue weighted by molar-refractivity contribution is 9.10. The van der Waals surface area contributed by atoms with Crippen molar-refractivity contribution in [1.29, 1.82) is 0 Å². The molecule has 1 saturated heterocycles. The third kappa shape index (κ3) is 5.90. The number of nitrogens with one attached hydrogen (secondary N) is 1. The van der Waals surface area contributed by atoms with Gasteiger partial charge in [0.15, 0.2) is 10.9 Å². The highest BCUT2D eigenvalue weighted by atomic mass is 79.9. The van der Waals surface area contributed by atoms with Gasteiger partial charge in [-0.1, -0.05) is 64.2 Å². The van der Waals surface area contributed by atoms with Gasteiger partial charge in [-0.2, -0.15) is 0 Å². The molecular formula is C25H19BrN2O3S2. The molecule has 2 amide bonds. The fraction of sp³-hybridized carbons (Fsp3) is 0.0800. The Kier molecular flexibility index (Phi) is 7.27. The van der Waals surface area contributed by atoms with Crippen LogP contribution in [0.2, 0.25) is 0 Å². The molecule has 8 heteroatoms. The van der Waals surface area contributed by atoms with Crippen LogP contribution < -0.4 is 15.0 Å². The molecule has 0 unspecified atom stereocenters. The molecule has 1 aliphatic rings. The van der Waals surface area contributed by atoms with Gasteiger partial charge in [0.1, 0.15) is 5.75 Å². The molecule has 1 N–H and O–H groups in total. The summed E-state index contributed by atoms with van der Waals surface area (Å²) in [7, 11) is 0. The number of benzene rings is 3. The van der Waals surface area contributed by atoms with E-state index in [0.717, 1.165) is 27.0 Å². The quantitative estimate of drug-likeness (QED) is 0.300. The van der Waals surface area contributed by atoms with Gasteiger partial charge < -0.3 is 10.1 Å². The lowest BCUT2D eigenvalue weighted by Gasteiger charge is -2.14. The lowest BCUT2D eigenvalue weighted by Crippen LogP contribution is -2.27. The molecule has 1 heterocycles. The van der Waals surface area contributed by atoms with Crippen LogP contribution in [-0.4, -0.2) is 22.7 Å². The Morgan fingerprint density at radius 2 is 1.85 bits per heavy atom. The SMILES string of the molecule is Cc1cccc(NC(=O)COc2ccc(/C=C3/SC(=S)N(c4ccc(Br)cc4)C3=O)cc2)c1. The first-order valence-corrected chi connectivity index (χ1v) is 12.0. The number of thioether (sulfide) groups is 1. The summed E-state index contributed by atoms with van der Waals surface area (Å²) in [5.41, 5.74) is 3.37. The number of amides is 2. The lowest BCUT2D eigenvalue weighted by molar-refractivity contribution is -0.118. The van der Waals surface area contributed by atoms with Crippen molar-refractivity contribution < 1.29 is 14.3 Å². The van der Waals surface area contributed by atoms with E-state index in [4.69, 9.17) is 17.0 Å². The zero-order chi connectivity index (χ0) is 23.4. The van der Waals surface area contributed by atoms with Crippen molar-refractivity contribution in [3.63, 3.8) is 0 Å². The molecule has 5 nitrogen and oxygen atoms in total. The molecule has 3 aromatic rings. The Balaban J connectivity index is 1.37. The van der Waals surface area contributed by atoms with Crippen molar-refractivity contribution in [3.05, 3.63) is 93.3 Å². The van der Waals surface area contributed by atoms with Gasteiger partial charge in [-0.15, -0.1) is 0 Å². The molecule has 33 heavy (non-hydrogen) atoms. The summed E-state index contributed by atoms with van der Waals surface area (Å²) in [6.07, 6.45) is 1.80. The molecule has 0 saturated carbocycles. The maximum atomic E-state index is 12.9. The molecule has 1 fully saturated rings. The van der Waals surface area contributed by atoms with E-state index in [2.05, 4.69) is 21.2 Å². The number of halogens is 1. The van der Waals surface area contributed by atoms with E-state index in [1.54, 1.807) is 18.2 Å². The highest BCUT2D eigenvalue weighted by Crippen LogP contribution is 2.36. The fourth-order valence-electron chi connectivity index (χ4n) is 3.16. The van der Waals surface area contributed by atoms with Crippen molar-refractivity contribution in [2.45, 2.75) is 6.92 Å². The Hall–Kier alpha value is -2.94. The second-order valence-electron chi connectivity index (χ2n) is 7.27. The molecule has 0 radical (unpaired) electrons. The van der Waals surface area contributed by atoms with Crippen LogP contribution in [0, 0.1) is 6.92 Å². The van der Waals surface area contributed by atoms with Gasteiger partial charge in [0.2, 0.25) is 0 Å². The number of rotatable bonds is 6. The normalized spacial score (nSPS) is 14.6. The number of carbonyl (C=O) groups excluding carboxylic acids is 2. The summed E-state index contributed by atoms with van der Waals surface area (Å²) in [5.74, 6) is 0.177. The zero-order valence-corrected chi connectivity index (χ0v) is 20.8. The zero-order valence-electron chi connectivity index (χ0n) is 17.6. The van der Waals surface area contributed by atoms with Gasteiger partial charge in [-0.25, -0.2) is 0 Å². The summed E-state index contributed by atoms with van der Waals surface area (Å²) in [4.78, 5) is 27.1. The topological polar surface area (TPSA) is 58.6 Å². The van der Waals surface area contributed by atoms with Crippen molar-refractivity contribution in [2.24, 2.45) is 0 Å². The average molecular weight is 539 g/mol. The number of thiocarbonyl (C=S) groups is 1. The first-order chi connectivity index (χ1) is 15.9. The van der Waals surface area contributed by atoms with Crippen molar-refractivity contribution in [3.8, 4) is 5.75 Å². The van der Waals surface area contributed by atoms with Gasteiger partial charge in [0.25, 0.3) is 11.8 Å². The van der Waals surface area contributed by atoms with E-state index in [9.17, 15) is 9.59 Å². The van der Waals surface area contributed by atoms with Gasteiger partial charge in [0, 0.05) is 10.2 Å². The fourth-order valence-corrected chi connectivity index (χ4v) is 4.72. The molecule has 3 aromatic carbocycles. The Morgan fingerprint density at radius 1 is 1.12 bits per heavy atom. The van der Waals surface area contributed by atoms with Crippen molar-refractivity contribution in [1.82, 2.24) is 0 Å². The van der Waals surface area contributed by atoms with Crippen LogP contribution in [0.25, 0.3) is 6.08 Å². The van der Waals surface area contributed by atoms with E-state index in [1.165, 1.54) is 16.7 Å². The van der Waals surface area contributed by atoms with Crippen LogP contribution in [0.4, 0.5) is 11.4 Å². The smallest absolute Gasteiger partial charge is 0.270 e. The van der Waals surface area contributed by atoms with Crippen LogP contribution >= 0.6 is 39.9 Å². The first-order valence-electron chi connectivity index (χ1n) is 10.0. The molecular weight excluding hydrogens is 520 g/mol. The van der Waals surface area contributed by atoms with E-state index < -0.39 is 0 Å². The summed E-state index contributed by atoms with van der Waals surface area (Å²) in [5, 5.41) is 2.81. The van der Waals surface area contributed by atoms with E-state index in [0.29, 0.717) is 15.0 Å². The maximum absolute atomic E-state index is 12.9. The monoisotopic (exact) mass is 538 g/mol. The van der Waals surface area contributed by atoms with Gasteiger partial charge >= 0.3 is 0 Å². The number of ether oxygens (including phenoxy) is 1. The predicted molar refractivity (Wildman–Crippen MR) is 142 cm³/mol. The van der Waals surface area contributed by atoms with E-state index in [1.807, 2.05) is 67.6 Å². The van der Waals surface area contributed by atoms with Gasteiger partial charge in [-0.3, -0.25) is 14.5 Å². The largest absolute Gasteiger partial charge is 0.484 e. The molecule has 0 spiro atoms. The number of hydrogen-bond donors (Lipinski definition) is 1. The van der Waals surface area contributed by atoms with Crippen LogP contribution in [0.1, 0.15) is 11.1 Å². The van der Waals surface area contributed by atoms with Crippen molar-refractivity contribution >= 4 is 73.5 Å². The third-order valence-corrected chi connectivity index (χ3v) is 6.56. The van der Waals surface area contributed by atoms with Crippen LogP contribution in [0.15, 0.2) is 82.2 Å². The number of hydrogen-bond acceptors (Lipinski definition) is 5. The first kappa shape index (κ1) is 23.2. The number of carbonyl (C=O) groups is 2. The number of nitrogens with zero attached hydrogens (tertiary/aromatic N) is 1. The van der Waals surface area contributed by atoms with Crippen LogP contribution in [0.3, 0.4) is 0 Å². The summed E-state index contributed by atoms with van der Waals surface area (Å²) < 4.78 is 7.01. The highest BCUT2D eigenvalue weighted by Gasteiger charge is 2.33. The van der Waals surface area contributed by atoms with Gasteiger partial charge in [0.05, 0.1) is 10.6 Å². The molecule has 0 aliphatic carbocycles. The molecule has 4 rings (SSSR count). The summed E-state index contributed by atoms with van der Waals surface area (Å²) >= 11 is 10.1. The standard InChI is InChI=1S/C25H19BrN2O3S2/c1-16-3-2-4-19(13-16)27-23(29)15-31-21-11-5-17(6-12-21)14-22-24(30)28(25(32)33-22)20-9-7-18(26)8-10-20/h2-14H,15H2,1H3,(H,27,29)/b22-14+. The molecule has 1 aliphatic heterocycles. The number of aryl methyl sites for hydroxylation is 1. The Bertz CT molecular complexity index is 1240. The maximum Gasteiger partial charge on any atom is 0.270 e. The van der Waals surface area contributed by atoms with Gasteiger partial charge in [-0.05, 0) is 72.7 Å². The summed E-state index contributed by atoms with van der Waals surface area (Å²) in [6, 6.07) is 22.2. The van der Waals surface area contributed by atoms with E-state index >= 15 is 0 Å². The minimum Gasteiger partial charge on any atom is -0.484 e.